The van der Waals surface area contributed by atoms with Gasteiger partial charge in [0, 0.05) is 12.6 Å². The summed E-state index contributed by atoms with van der Waals surface area (Å²) in [6, 6.07) is 2.85. The Hall–Kier alpha value is -0.550. The summed E-state index contributed by atoms with van der Waals surface area (Å²) >= 11 is 0. The molecular formula is C12H22N2. The zero-order valence-electron chi connectivity index (χ0n) is 9.42. The third kappa shape index (κ3) is 3.67. The van der Waals surface area contributed by atoms with Crippen molar-refractivity contribution < 1.29 is 0 Å². The van der Waals surface area contributed by atoms with Gasteiger partial charge >= 0.3 is 0 Å². The fraction of sp³-hybridized carbons (Fsp3) is 0.917. The molecule has 0 aromatic rings. The average Bonchev–Trinajstić information content (AvgIpc) is 2.26. The van der Waals surface area contributed by atoms with Gasteiger partial charge in [0.15, 0.2) is 0 Å². The molecule has 0 saturated heterocycles. The molecule has 0 spiro atoms. The van der Waals surface area contributed by atoms with Crippen LogP contribution in [-0.2, 0) is 0 Å². The largest absolute Gasteiger partial charge is 0.313 e. The molecule has 0 heterocycles. The monoisotopic (exact) mass is 194 g/mol. The van der Waals surface area contributed by atoms with Gasteiger partial charge in [0.05, 0.1) is 12.0 Å². The summed E-state index contributed by atoms with van der Waals surface area (Å²) in [5.74, 6) is 0.982. The van der Waals surface area contributed by atoms with Crippen LogP contribution in [0.4, 0.5) is 0 Å². The molecule has 1 rings (SSSR count). The van der Waals surface area contributed by atoms with Gasteiger partial charge in [0.1, 0.15) is 0 Å². The number of hydrogen-bond acceptors (Lipinski definition) is 2. The van der Waals surface area contributed by atoms with Crippen molar-refractivity contribution in [1.29, 1.82) is 5.26 Å². The van der Waals surface area contributed by atoms with E-state index < -0.39 is 0 Å². The lowest BCUT2D eigenvalue weighted by molar-refractivity contribution is 0.278. The van der Waals surface area contributed by atoms with Crippen molar-refractivity contribution in [2.24, 2.45) is 11.8 Å². The fourth-order valence-electron chi connectivity index (χ4n) is 2.21. The molecule has 1 saturated carbocycles. The molecule has 2 atom stereocenters. The molecule has 1 aliphatic rings. The van der Waals surface area contributed by atoms with Crippen molar-refractivity contribution in [1.82, 2.24) is 5.32 Å². The van der Waals surface area contributed by atoms with Gasteiger partial charge in [-0.1, -0.05) is 19.3 Å². The topological polar surface area (TPSA) is 35.8 Å². The van der Waals surface area contributed by atoms with Crippen molar-refractivity contribution >= 4 is 0 Å². The Morgan fingerprint density at radius 2 is 1.93 bits per heavy atom. The maximum Gasteiger partial charge on any atom is 0.0666 e. The summed E-state index contributed by atoms with van der Waals surface area (Å²) in [4.78, 5) is 0. The highest BCUT2D eigenvalue weighted by molar-refractivity contribution is 4.83. The standard InChI is InChI=1S/C12H22N2/c1-10(8-13)9-14-11(2)12-6-4-3-5-7-12/h10-12,14H,3-7,9H2,1-2H3/t10?,11-/m0/s1. The minimum Gasteiger partial charge on any atom is -0.313 e. The van der Waals surface area contributed by atoms with E-state index in [1.807, 2.05) is 6.92 Å². The molecule has 14 heavy (non-hydrogen) atoms. The van der Waals surface area contributed by atoms with Crippen LogP contribution in [0.2, 0.25) is 0 Å². The molecule has 2 nitrogen and oxygen atoms in total. The second-order valence-electron chi connectivity index (χ2n) is 4.63. The first kappa shape index (κ1) is 11.5. The van der Waals surface area contributed by atoms with Crippen LogP contribution in [0.3, 0.4) is 0 Å². The van der Waals surface area contributed by atoms with Crippen LogP contribution < -0.4 is 5.32 Å². The Bertz CT molecular complexity index is 189. The van der Waals surface area contributed by atoms with Crippen LogP contribution in [-0.4, -0.2) is 12.6 Å². The number of hydrogen-bond donors (Lipinski definition) is 1. The van der Waals surface area contributed by atoms with E-state index in [9.17, 15) is 0 Å². The first-order valence-electron chi connectivity index (χ1n) is 5.87. The van der Waals surface area contributed by atoms with E-state index in [0.29, 0.717) is 6.04 Å². The van der Waals surface area contributed by atoms with Gasteiger partial charge in [-0.3, -0.25) is 0 Å². The third-order valence-corrected chi connectivity index (χ3v) is 3.32. The lowest BCUT2D eigenvalue weighted by Gasteiger charge is -2.28. The Labute approximate surface area is 87.7 Å². The van der Waals surface area contributed by atoms with Crippen LogP contribution in [0.15, 0.2) is 0 Å². The summed E-state index contributed by atoms with van der Waals surface area (Å²) in [5, 5.41) is 12.1. The molecule has 1 fully saturated rings. The predicted molar refractivity (Wildman–Crippen MR) is 58.8 cm³/mol. The van der Waals surface area contributed by atoms with E-state index in [0.717, 1.165) is 12.5 Å². The molecule has 0 aromatic carbocycles. The van der Waals surface area contributed by atoms with Gasteiger partial charge in [-0.05, 0) is 32.6 Å². The third-order valence-electron chi connectivity index (χ3n) is 3.32. The van der Waals surface area contributed by atoms with E-state index in [4.69, 9.17) is 5.26 Å². The summed E-state index contributed by atoms with van der Waals surface area (Å²) in [7, 11) is 0. The first-order valence-corrected chi connectivity index (χ1v) is 5.87. The Morgan fingerprint density at radius 1 is 1.29 bits per heavy atom. The van der Waals surface area contributed by atoms with Crippen molar-refractivity contribution in [3.63, 3.8) is 0 Å². The molecule has 0 bridgehead atoms. The molecule has 0 radical (unpaired) electrons. The molecule has 1 unspecified atom stereocenters. The van der Waals surface area contributed by atoms with Crippen molar-refractivity contribution in [2.75, 3.05) is 6.54 Å². The summed E-state index contributed by atoms with van der Waals surface area (Å²) in [6.07, 6.45) is 6.94. The van der Waals surface area contributed by atoms with Gasteiger partial charge in [0.25, 0.3) is 0 Å². The zero-order valence-corrected chi connectivity index (χ0v) is 9.42. The second kappa shape index (κ2) is 6.03. The van der Waals surface area contributed by atoms with E-state index in [2.05, 4.69) is 18.3 Å². The van der Waals surface area contributed by atoms with Gasteiger partial charge in [-0.2, -0.15) is 5.26 Å². The maximum absolute atomic E-state index is 8.67. The summed E-state index contributed by atoms with van der Waals surface area (Å²) in [5.41, 5.74) is 0. The van der Waals surface area contributed by atoms with Crippen LogP contribution in [0.1, 0.15) is 46.0 Å². The van der Waals surface area contributed by atoms with Gasteiger partial charge in [-0.25, -0.2) is 0 Å². The highest BCUT2D eigenvalue weighted by Crippen LogP contribution is 2.26. The Balaban J connectivity index is 2.20. The number of nitriles is 1. The van der Waals surface area contributed by atoms with Crippen molar-refractivity contribution in [3.05, 3.63) is 0 Å². The zero-order chi connectivity index (χ0) is 10.4. The molecule has 0 amide bonds. The van der Waals surface area contributed by atoms with Crippen LogP contribution >= 0.6 is 0 Å². The molecule has 80 valence electrons. The van der Waals surface area contributed by atoms with E-state index in [1.165, 1.54) is 32.1 Å². The van der Waals surface area contributed by atoms with Crippen LogP contribution in [0.5, 0.6) is 0 Å². The Morgan fingerprint density at radius 3 is 2.50 bits per heavy atom. The van der Waals surface area contributed by atoms with Gasteiger partial charge in [0.2, 0.25) is 0 Å². The molecule has 1 N–H and O–H groups in total. The lowest BCUT2D eigenvalue weighted by Crippen LogP contribution is -2.36. The minimum absolute atomic E-state index is 0.140. The lowest BCUT2D eigenvalue weighted by atomic mass is 9.84. The summed E-state index contributed by atoms with van der Waals surface area (Å²) in [6.45, 7) is 5.08. The number of nitrogens with one attached hydrogen (secondary N) is 1. The highest BCUT2D eigenvalue weighted by Gasteiger charge is 2.19. The summed E-state index contributed by atoms with van der Waals surface area (Å²) < 4.78 is 0. The quantitative estimate of drug-likeness (QED) is 0.747. The minimum atomic E-state index is 0.140. The smallest absolute Gasteiger partial charge is 0.0666 e. The Kier molecular flexibility index (Phi) is 4.97. The van der Waals surface area contributed by atoms with Crippen LogP contribution in [0, 0.1) is 23.2 Å². The van der Waals surface area contributed by atoms with E-state index in [1.54, 1.807) is 0 Å². The second-order valence-corrected chi connectivity index (χ2v) is 4.63. The van der Waals surface area contributed by atoms with Gasteiger partial charge in [-0.15, -0.1) is 0 Å². The maximum atomic E-state index is 8.67. The van der Waals surface area contributed by atoms with E-state index >= 15 is 0 Å². The molecular weight excluding hydrogens is 172 g/mol. The van der Waals surface area contributed by atoms with E-state index in [-0.39, 0.29) is 5.92 Å². The number of rotatable bonds is 4. The van der Waals surface area contributed by atoms with Crippen molar-refractivity contribution in [3.8, 4) is 6.07 Å². The first-order chi connectivity index (χ1) is 6.74. The SMILES string of the molecule is CC(C#N)CN[C@@H](C)C1CCCCC1. The molecule has 0 aromatic heterocycles. The predicted octanol–water partition coefficient (Wildman–Crippen LogP) is 2.70. The van der Waals surface area contributed by atoms with Gasteiger partial charge < -0.3 is 5.32 Å². The van der Waals surface area contributed by atoms with Crippen molar-refractivity contribution in [2.45, 2.75) is 52.0 Å². The molecule has 1 aliphatic carbocycles. The molecule has 2 heteroatoms. The fourth-order valence-corrected chi connectivity index (χ4v) is 2.21. The van der Waals surface area contributed by atoms with Crippen LogP contribution in [0.25, 0.3) is 0 Å². The number of nitrogens with zero attached hydrogens (tertiary/aromatic N) is 1. The normalized spacial score (nSPS) is 22.6. The molecule has 0 aliphatic heterocycles. The highest BCUT2D eigenvalue weighted by atomic mass is 14.9. The average molecular weight is 194 g/mol.